The van der Waals surface area contributed by atoms with Crippen molar-refractivity contribution < 1.29 is 9.84 Å². The molecule has 0 radical (unpaired) electrons. The molecular weight excluding hydrogens is 274 g/mol. The number of β-amino-alcohol motifs (C(OH)–C–C–N with tert-alkyl or cyclic N) is 1. The van der Waals surface area contributed by atoms with Crippen LogP contribution in [0.15, 0.2) is 12.1 Å². The van der Waals surface area contributed by atoms with E-state index in [-0.39, 0.29) is 0 Å². The molecule has 1 fully saturated rings. The molecule has 0 aliphatic carbocycles. The van der Waals surface area contributed by atoms with Crippen molar-refractivity contribution in [2.45, 2.75) is 47.1 Å². The van der Waals surface area contributed by atoms with Crippen LogP contribution >= 0.6 is 0 Å². The van der Waals surface area contributed by atoms with E-state index in [0.29, 0.717) is 13.2 Å². The minimum absolute atomic E-state index is 0.365. The van der Waals surface area contributed by atoms with Crippen LogP contribution in [-0.2, 0) is 0 Å². The number of aryl methyl sites for hydroxylation is 3. The summed E-state index contributed by atoms with van der Waals surface area (Å²) in [6, 6.07) is 4.26. The molecule has 1 N–H and O–H groups in total. The van der Waals surface area contributed by atoms with Crippen molar-refractivity contribution in [3.05, 3.63) is 28.8 Å². The van der Waals surface area contributed by atoms with E-state index in [2.05, 4.69) is 51.7 Å². The predicted octanol–water partition coefficient (Wildman–Crippen LogP) is 3.33. The van der Waals surface area contributed by atoms with Crippen molar-refractivity contribution in [2.75, 3.05) is 26.2 Å². The fourth-order valence-electron chi connectivity index (χ4n) is 3.87. The van der Waals surface area contributed by atoms with Gasteiger partial charge in [0.15, 0.2) is 0 Å². The van der Waals surface area contributed by atoms with Gasteiger partial charge in [-0.15, -0.1) is 0 Å². The molecule has 3 heteroatoms. The Bertz CT molecular complexity index is 467. The standard InChI is InChI=1S/C19H31NO2/c1-13-7-16(4)19(17(5)8-13)22-12-18(21)11-20-9-14(2)6-15(3)10-20/h7-8,14-15,18,21H,6,9-12H2,1-5H3/t14-,15-,18-/m0/s1. The number of benzene rings is 1. The van der Waals surface area contributed by atoms with E-state index in [0.717, 1.165) is 41.8 Å². The molecule has 1 heterocycles. The Balaban J connectivity index is 1.86. The van der Waals surface area contributed by atoms with Gasteiger partial charge in [-0.3, -0.25) is 0 Å². The third-order valence-corrected chi connectivity index (χ3v) is 4.44. The summed E-state index contributed by atoms with van der Waals surface area (Å²) in [7, 11) is 0. The molecule has 124 valence electrons. The van der Waals surface area contributed by atoms with Gasteiger partial charge in [0.25, 0.3) is 0 Å². The maximum absolute atomic E-state index is 10.3. The van der Waals surface area contributed by atoms with Gasteiger partial charge in [0, 0.05) is 19.6 Å². The quantitative estimate of drug-likeness (QED) is 0.906. The van der Waals surface area contributed by atoms with E-state index in [9.17, 15) is 5.11 Å². The van der Waals surface area contributed by atoms with Crippen molar-refractivity contribution in [3.63, 3.8) is 0 Å². The smallest absolute Gasteiger partial charge is 0.125 e. The fourth-order valence-corrected chi connectivity index (χ4v) is 3.87. The highest BCUT2D eigenvalue weighted by molar-refractivity contribution is 5.42. The molecule has 0 bridgehead atoms. The van der Waals surface area contributed by atoms with Crippen LogP contribution in [0.25, 0.3) is 0 Å². The van der Waals surface area contributed by atoms with E-state index in [4.69, 9.17) is 4.74 Å². The van der Waals surface area contributed by atoms with Gasteiger partial charge in [-0.25, -0.2) is 0 Å². The fraction of sp³-hybridized carbons (Fsp3) is 0.684. The topological polar surface area (TPSA) is 32.7 Å². The highest BCUT2D eigenvalue weighted by Crippen LogP contribution is 2.25. The molecule has 0 saturated carbocycles. The Morgan fingerprint density at radius 2 is 1.68 bits per heavy atom. The van der Waals surface area contributed by atoms with E-state index < -0.39 is 6.10 Å². The van der Waals surface area contributed by atoms with Crippen LogP contribution in [-0.4, -0.2) is 42.4 Å². The summed E-state index contributed by atoms with van der Waals surface area (Å²) in [5.41, 5.74) is 3.54. The summed E-state index contributed by atoms with van der Waals surface area (Å²) in [5, 5.41) is 10.3. The number of nitrogens with zero attached hydrogens (tertiary/aromatic N) is 1. The van der Waals surface area contributed by atoms with E-state index >= 15 is 0 Å². The second-order valence-corrected chi connectivity index (χ2v) is 7.36. The molecule has 1 aliphatic heterocycles. The summed E-state index contributed by atoms with van der Waals surface area (Å²) in [4.78, 5) is 2.38. The van der Waals surface area contributed by atoms with E-state index in [1.54, 1.807) is 0 Å². The summed E-state index contributed by atoms with van der Waals surface area (Å²) < 4.78 is 5.90. The maximum atomic E-state index is 10.3. The number of ether oxygens (including phenoxy) is 1. The number of piperidine rings is 1. The lowest BCUT2D eigenvalue weighted by Crippen LogP contribution is -2.44. The van der Waals surface area contributed by atoms with Gasteiger partial charge in [-0.1, -0.05) is 31.5 Å². The largest absolute Gasteiger partial charge is 0.490 e. The number of aliphatic hydroxyl groups is 1. The number of aliphatic hydroxyl groups excluding tert-OH is 1. The molecule has 22 heavy (non-hydrogen) atoms. The third-order valence-electron chi connectivity index (χ3n) is 4.44. The van der Waals surface area contributed by atoms with Crippen molar-refractivity contribution in [1.82, 2.24) is 4.90 Å². The van der Waals surface area contributed by atoms with Crippen LogP contribution in [0, 0.1) is 32.6 Å². The summed E-state index contributed by atoms with van der Waals surface area (Å²) >= 11 is 0. The molecule has 3 atom stereocenters. The lowest BCUT2D eigenvalue weighted by Gasteiger charge is -2.36. The zero-order valence-electron chi connectivity index (χ0n) is 14.7. The van der Waals surface area contributed by atoms with Crippen LogP contribution in [0.3, 0.4) is 0 Å². The van der Waals surface area contributed by atoms with Crippen molar-refractivity contribution in [3.8, 4) is 5.75 Å². The Morgan fingerprint density at radius 3 is 2.23 bits per heavy atom. The normalized spacial score (nSPS) is 24.3. The van der Waals surface area contributed by atoms with Gasteiger partial charge in [0.1, 0.15) is 18.5 Å². The average molecular weight is 305 g/mol. The first-order valence-electron chi connectivity index (χ1n) is 8.46. The lowest BCUT2D eigenvalue weighted by atomic mass is 9.92. The van der Waals surface area contributed by atoms with Crippen LogP contribution in [0.2, 0.25) is 0 Å². The van der Waals surface area contributed by atoms with Gasteiger partial charge >= 0.3 is 0 Å². The van der Waals surface area contributed by atoms with Crippen LogP contribution in [0.1, 0.15) is 37.0 Å². The first kappa shape index (κ1) is 17.3. The highest BCUT2D eigenvalue weighted by Gasteiger charge is 2.23. The molecule has 1 aromatic rings. The zero-order chi connectivity index (χ0) is 16.3. The van der Waals surface area contributed by atoms with Crippen molar-refractivity contribution in [2.24, 2.45) is 11.8 Å². The molecule has 0 spiro atoms. The summed E-state index contributed by atoms with van der Waals surface area (Å²) in [5.74, 6) is 2.36. The average Bonchev–Trinajstić information content (AvgIpc) is 2.35. The highest BCUT2D eigenvalue weighted by atomic mass is 16.5. The number of hydrogen-bond acceptors (Lipinski definition) is 3. The Morgan fingerprint density at radius 1 is 1.14 bits per heavy atom. The van der Waals surface area contributed by atoms with Gasteiger partial charge < -0.3 is 14.7 Å². The van der Waals surface area contributed by atoms with Gasteiger partial charge in [-0.2, -0.15) is 0 Å². The molecule has 0 unspecified atom stereocenters. The zero-order valence-corrected chi connectivity index (χ0v) is 14.7. The minimum Gasteiger partial charge on any atom is -0.490 e. The number of likely N-dealkylation sites (tertiary alicyclic amines) is 1. The molecule has 0 aromatic heterocycles. The molecule has 0 amide bonds. The second kappa shape index (κ2) is 7.47. The molecular formula is C19H31NO2. The Labute approximate surface area is 135 Å². The molecule has 1 aromatic carbocycles. The van der Waals surface area contributed by atoms with Crippen LogP contribution in [0.4, 0.5) is 0 Å². The molecule has 3 nitrogen and oxygen atoms in total. The third kappa shape index (κ3) is 4.72. The van der Waals surface area contributed by atoms with Gasteiger partial charge in [0.05, 0.1) is 0 Å². The maximum Gasteiger partial charge on any atom is 0.125 e. The van der Waals surface area contributed by atoms with E-state index in [1.165, 1.54) is 12.0 Å². The minimum atomic E-state index is -0.433. The van der Waals surface area contributed by atoms with Gasteiger partial charge in [-0.05, 0) is 50.2 Å². The molecule has 1 saturated heterocycles. The Kier molecular flexibility index (Phi) is 5.87. The second-order valence-electron chi connectivity index (χ2n) is 7.36. The van der Waals surface area contributed by atoms with Crippen LogP contribution < -0.4 is 4.74 Å². The predicted molar refractivity (Wildman–Crippen MR) is 91.5 cm³/mol. The van der Waals surface area contributed by atoms with E-state index in [1.807, 2.05) is 0 Å². The number of hydrogen-bond donors (Lipinski definition) is 1. The first-order chi connectivity index (χ1) is 10.3. The Hall–Kier alpha value is -1.06. The SMILES string of the molecule is Cc1cc(C)c(OC[C@@H](O)CN2C[C@@H](C)C[C@H](C)C2)c(C)c1. The molecule has 2 rings (SSSR count). The summed E-state index contributed by atoms with van der Waals surface area (Å²) in [6.07, 6.45) is 0.864. The van der Waals surface area contributed by atoms with Gasteiger partial charge in [0.2, 0.25) is 0 Å². The van der Waals surface area contributed by atoms with Crippen molar-refractivity contribution >= 4 is 0 Å². The van der Waals surface area contributed by atoms with Crippen molar-refractivity contribution in [1.29, 1.82) is 0 Å². The number of rotatable bonds is 5. The van der Waals surface area contributed by atoms with Crippen LogP contribution in [0.5, 0.6) is 5.75 Å². The first-order valence-corrected chi connectivity index (χ1v) is 8.46. The molecule has 1 aliphatic rings. The lowest BCUT2D eigenvalue weighted by molar-refractivity contribution is 0.0426. The summed E-state index contributed by atoms with van der Waals surface area (Å²) in [6.45, 7) is 14.1. The monoisotopic (exact) mass is 305 g/mol.